The van der Waals surface area contributed by atoms with Crippen LogP contribution >= 0.6 is 0 Å². The summed E-state index contributed by atoms with van der Waals surface area (Å²) in [5.74, 6) is 1.55. The third-order valence-electron chi connectivity index (χ3n) is 5.65. The third kappa shape index (κ3) is 2.96. The van der Waals surface area contributed by atoms with Crippen molar-refractivity contribution in [2.45, 2.75) is 27.2 Å². The first-order valence-electron chi connectivity index (χ1n) is 9.45. The van der Waals surface area contributed by atoms with Crippen LogP contribution in [0, 0.1) is 17.8 Å². The number of benzene rings is 1. The molecule has 3 atom stereocenters. The van der Waals surface area contributed by atoms with Crippen molar-refractivity contribution >= 4 is 28.2 Å². The van der Waals surface area contributed by atoms with E-state index in [-0.39, 0.29) is 5.92 Å². The lowest BCUT2D eigenvalue weighted by Crippen LogP contribution is -2.33. The van der Waals surface area contributed by atoms with Crippen LogP contribution in [0.25, 0.3) is 21.9 Å². The Morgan fingerprint density at radius 3 is 2.71 bits per heavy atom. The lowest BCUT2D eigenvalue weighted by Gasteiger charge is -2.29. The largest absolute Gasteiger partial charge is 0.497 e. The second kappa shape index (κ2) is 6.82. The number of nitrogens with zero attached hydrogens (tertiary/aromatic N) is 2. The summed E-state index contributed by atoms with van der Waals surface area (Å²) in [6.45, 7) is 6.44. The monoisotopic (exact) mass is 380 g/mol. The smallest absolute Gasteiger partial charge is 0.350 e. The standard InChI is InChI=1S/C21H24N4O3/c1-11-7-12(2)16(13(3)8-11)10-22-25-20(26)19-18(24-21(25)27)15-9-14(28-4)5-6-17(15)23-19/h5-7,9-10,12-13,16,23H,8H2,1-4H3,(H,24,27)/b22-10-/t12-,13+,16+/m0/s1. The van der Waals surface area contributed by atoms with E-state index in [2.05, 4.69) is 41.9 Å². The number of rotatable bonds is 3. The van der Waals surface area contributed by atoms with E-state index in [4.69, 9.17) is 4.74 Å². The minimum absolute atomic E-state index is 0.178. The Morgan fingerprint density at radius 2 is 2.00 bits per heavy atom. The van der Waals surface area contributed by atoms with Crippen LogP contribution in [0.4, 0.5) is 0 Å². The number of H-pyrrole nitrogens is 2. The highest BCUT2D eigenvalue weighted by molar-refractivity contribution is 6.04. The Balaban J connectivity index is 1.81. The summed E-state index contributed by atoms with van der Waals surface area (Å²) in [6.07, 6.45) is 4.97. The van der Waals surface area contributed by atoms with Crippen molar-refractivity contribution in [3.63, 3.8) is 0 Å². The van der Waals surface area contributed by atoms with E-state index in [0.29, 0.717) is 28.6 Å². The molecule has 0 saturated heterocycles. The minimum atomic E-state index is -0.555. The molecular weight excluding hydrogens is 356 g/mol. The summed E-state index contributed by atoms with van der Waals surface area (Å²) < 4.78 is 6.14. The lowest BCUT2D eigenvalue weighted by atomic mass is 9.76. The summed E-state index contributed by atoms with van der Waals surface area (Å²) in [5.41, 5.74) is 1.89. The van der Waals surface area contributed by atoms with Gasteiger partial charge in [-0.3, -0.25) is 4.79 Å². The molecular formula is C21H24N4O3. The van der Waals surface area contributed by atoms with Crippen molar-refractivity contribution in [1.29, 1.82) is 0 Å². The van der Waals surface area contributed by atoms with Gasteiger partial charge in [-0.15, -0.1) is 4.68 Å². The second-order valence-electron chi connectivity index (χ2n) is 7.73. The average molecular weight is 380 g/mol. The number of hydrogen-bond acceptors (Lipinski definition) is 4. The molecule has 28 heavy (non-hydrogen) atoms. The maximum Gasteiger partial charge on any atom is 0.350 e. The molecule has 1 aliphatic rings. The van der Waals surface area contributed by atoms with Crippen LogP contribution in [0.1, 0.15) is 27.2 Å². The molecule has 0 aliphatic heterocycles. The third-order valence-corrected chi connectivity index (χ3v) is 5.65. The Hall–Kier alpha value is -3.09. The first-order valence-corrected chi connectivity index (χ1v) is 9.45. The summed E-state index contributed by atoms with van der Waals surface area (Å²) in [4.78, 5) is 31.4. The molecule has 1 aliphatic carbocycles. The van der Waals surface area contributed by atoms with Gasteiger partial charge in [-0.05, 0) is 43.4 Å². The van der Waals surface area contributed by atoms with Crippen LogP contribution in [-0.4, -0.2) is 28.0 Å². The zero-order chi connectivity index (χ0) is 20.0. The highest BCUT2D eigenvalue weighted by Crippen LogP contribution is 2.32. The highest BCUT2D eigenvalue weighted by Gasteiger charge is 2.25. The molecule has 0 saturated carbocycles. The van der Waals surface area contributed by atoms with Crippen LogP contribution in [0.3, 0.4) is 0 Å². The molecule has 0 unspecified atom stereocenters. The zero-order valence-electron chi connectivity index (χ0n) is 16.4. The molecule has 7 heteroatoms. The maximum absolute atomic E-state index is 12.9. The molecule has 0 bridgehead atoms. The molecule has 146 valence electrons. The molecule has 2 aromatic heterocycles. The number of fused-ring (bicyclic) bond motifs is 3. The molecule has 4 rings (SSSR count). The van der Waals surface area contributed by atoms with Gasteiger partial charge >= 0.3 is 11.2 Å². The molecule has 1 aromatic carbocycles. The number of aromatic nitrogens is 3. The molecule has 0 amide bonds. The Labute approximate surface area is 161 Å². The summed E-state index contributed by atoms with van der Waals surface area (Å²) in [7, 11) is 1.57. The van der Waals surface area contributed by atoms with Gasteiger partial charge in [-0.25, -0.2) is 4.79 Å². The number of hydrogen-bond donors (Lipinski definition) is 2. The Morgan fingerprint density at radius 1 is 1.21 bits per heavy atom. The highest BCUT2D eigenvalue weighted by atomic mass is 16.5. The number of nitrogens with one attached hydrogen (secondary N) is 2. The maximum atomic E-state index is 12.9. The number of aromatic amines is 2. The van der Waals surface area contributed by atoms with Crippen molar-refractivity contribution < 1.29 is 4.74 Å². The van der Waals surface area contributed by atoms with Crippen molar-refractivity contribution in [2.24, 2.45) is 22.9 Å². The quantitative estimate of drug-likeness (QED) is 0.540. The van der Waals surface area contributed by atoms with Crippen molar-refractivity contribution in [2.75, 3.05) is 7.11 Å². The van der Waals surface area contributed by atoms with Gasteiger partial charge in [0.1, 0.15) is 11.3 Å². The molecule has 0 fully saturated rings. The molecule has 7 nitrogen and oxygen atoms in total. The normalized spacial score (nSPS) is 22.9. The summed E-state index contributed by atoms with van der Waals surface area (Å²) >= 11 is 0. The Bertz CT molecular complexity index is 1230. The first-order chi connectivity index (χ1) is 13.4. The van der Waals surface area contributed by atoms with Crippen molar-refractivity contribution in [3.05, 3.63) is 50.7 Å². The topological polar surface area (TPSA) is 92.2 Å². The van der Waals surface area contributed by atoms with Gasteiger partial charge < -0.3 is 14.7 Å². The molecule has 3 aromatic rings. The number of allylic oxidation sites excluding steroid dienone is 2. The van der Waals surface area contributed by atoms with Gasteiger partial charge in [0, 0.05) is 23.0 Å². The van der Waals surface area contributed by atoms with Crippen LogP contribution in [-0.2, 0) is 0 Å². The average Bonchev–Trinajstić information content (AvgIpc) is 3.01. The molecule has 2 heterocycles. The first kappa shape index (κ1) is 18.3. The van der Waals surface area contributed by atoms with Gasteiger partial charge in [0.25, 0.3) is 0 Å². The summed E-state index contributed by atoms with van der Waals surface area (Å²) in [6, 6.07) is 5.41. The van der Waals surface area contributed by atoms with Gasteiger partial charge in [0.05, 0.1) is 12.6 Å². The SMILES string of the molecule is COc1ccc2[nH]c3c(=O)n(/N=C\[C@H]4[C@H](C)CC(C)=C[C@@H]4C)c(=O)[nH]c3c2c1. The van der Waals surface area contributed by atoms with Crippen LogP contribution in [0.15, 0.2) is 44.5 Å². The van der Waals surface area contributed by atoms with Gasteiger partial charge in [-0.2, -0.15) is 5.10 Å². The van der Waals surface area contributed by atoms with E-state index in [1.54, 1.807) is 25.5 Å². The van der Waals surface area contributed by atoms with Gasteiger partial charge in [0.15, 0.2) is 0 Å². The van der Waals surface area contributed by atoms with E-state index in [1.807, 2.05) is 6.07 Å². The fraction of sp³-hybridized carbons (Fsp3) is 0.381. The van der Waals surface area contributed by atoms with Crippen LogP contribution in [0.2, 0.25) is 0 Å². The van der Waals surface area contributed by atoms with Crippen molar-refractivity contribution in [3.8, 4) is 5.75 Å². The predicted octanol–water partition coefficient (Wildman–Crippen LogP) is 3.25. The minimum Gasteiger partial charge on any atom is -0.497 e. The fourth-order valence-corrected chi connectivity index (χ4v) is 4.27. The molecule has 2 N–H and O–H groups in total. The summed E-state index contributed by atoms with van der Waals surface area (Å²) in [5, 5.41) is 5.00. The van der Waals surface area contributed by atoms with E-state index in [1.165, 1.54) is 5.57 Å². The van der Waals surface area contributed by atoms with Gasteiger partial charge in [-0.1, -0.05) is 25.5 Å². The number of ether oxygens (including phenoxy) is 1. The fourth-order valence-electron chi connectivity index (χ4n) is 4.27. The zero-order valence-corrected chi connectivity index (χ0v) is 16.4. The molecule has 0 spiro atoms. The van der Waals surface area contributed by atoms with Crippen LogP contribution in [0.5, 0.6) is 5.75 Å². The number of methoxy groups -OCH3 is 1. The van der Waals surface area contributed by atoms with Crippen molar-refractivity contribution in [1.82, 2.24) is 14.6 Å². The van der Waals surface area contributed by atoms with E-state index >= 15 is 0 Å². The van der Waals surface area contributed by atoms with E-state index < -0.39 is 11.2 Å². The lowest BCUT2D eigenvalue weighted by molar-refractivity contribution is 0.361. The molecule has 0 radical (unpaired) electrons. The van der Waals surface area contributed by atoms with Crippen LogP contribution < -0.4 is 16.0 Å². The predicted molar refractivity (Wildman–Crippen MR) is 111 cm³/mol. The van der Waals surface area contributed by atoms with E-state index in [0.717, 1.165) is 22.0 Å². The Kier molecular flexibility index (Phi) is 4.45. The van der Waals surface area contributed by atoms with E-state index in [9.17, 15) is 9.59 Å². The van der Waals surface area contributed by atoms with Gasteiger partial charge in [0.2, 0.25) is 0 Å². The second-order valence-corrected chi connectivity index (χ2v) is 7.73.